The number of nitrogens with one attached hydrogen (secondary N) is 4. The number of urea groups is 2. The molecule has 2 aromatic carbocycles. The van der Waals surface area contributed by atoms with Crippen LogP contribution in [-0.4, -0.2) is 110 Å². The zero-order chi connectivity index (χ0) is 47.8. The molecule has 0 spiro atoms. The van der Waals surface area contributed by atoms with Gasteiger partial charge in [0.2, 0.25) is 0 Å². The van der Waals surface area contributed by atoms with Gasteiger partial charge < -0.3 is 30.1 Å². The summed E-state index contributed by atoms with van der Waals surface area (Å²) in [5, 5.41) is 21.3. The first-order chi connectivity index (χ1) is 31.9. The van der Waals surface area contributed by atoms with E-state index in [1.54, 1.807) is 7.05 Å². The van der Waals surface area contributed by atoms with Crippen molar-refractivity contribution in [2.24, 2.45) is 20.0 Å². The SMILES string of the molecule is CCC1COC1.CN(C(=O)c1cc(S(=O)(=O)NC(=O)Nc2c3c(cc4c2CCC4)CCC3)nn1C)C1COC1.Cn1nc(S(=O)(=O)NC(=O)Nc2c3c(cc4c2CCC4)CCC3)cc1C(=O)O. The number of aryl methyl sites for hydroxylation is 6. The monoisotopic (exact) mass is 963 g/mol. The van der Waals surface area contributed by atoms with Crippen LogP contribution in [-0.2, 0) is 95.0 Å². The summed E-state index contributed by atoms with van der Waals surface area (Å²) < 4.78 is 66.8. The second-order valence-corrected chi connectivity index (χ2v) is 21.1. The molecule has 5 amide bonds. The Hall–Kier alpha value is -5.84. The smallest absolute Gasteiger partial charge is 0.354 e. The van der Waals surface area contributed by atoms with Gasteiger partial charge in [-0.25, -0.2) is 23.8 Å². The van der Waals surface area contributed by atoms with Crippen LogP contribution in [0, 0.1) is 5.92 Å². The van der Waals surface area contributed by atoms with Gasteiger partial charge in [-0.2, -0.15) is 27.0 Å². The third-order valence-electron chi connectivity index (χ3n) is 13.4. The molecule has 10 rings (SSSR count). The summed E-state index contributed by atoms with van der Waals surface area (Å²) in [6, 6.07) is 4.80. The van der Waals surface area contributed by atoms with Crippen LogP contribution in [0.15, 0.2) is 34.3 Å². The number of anilines is 2. The van der Waals surface area contributed by atoms with E-state index < -0.39 is 43.1 Å². The van der Waals surface area contributed by atoms with E-state index in [0.29, 0.717) is 13.2 Å². The van der Waals surface area contributed by atoms with Crippen LogP contribution in [0.5, 0.6) is 0 Å². The number of aromatic nitrogens is 4. The molecule has 0 radical (unpaired) electrons. The minimum absolute atomic E-state index is 0.0503. The Kier molecular flexibility index (Phi) is 13.8. The number of rotatable bonds is 10. The van der Waals surface area contributed by atoms with E-state index >= 15 is 0 Å². The van der Waals surface area contributed by atoms with Gasteiger partial charge in [0.15, 0.2) is 10.1 Å². The fourth-order valence-electron chi connectivity index (χ4n) is 9.42. The van der Waals surface area contributed by atoms with E-state index in [9.17, 15) is 36.0 Å². The summed E-state index contributed by atoms with van der Waals surface area (Å²) >= 11 is 0. The first kappa shape index (κ1) is 47.6. The molecule has 67 heavy (non-hydrogen) atoms. The number of ether oxygens (including phenoxy) is 2. The Labute approximate surface area is 389 Å². The molecule has 0 bridgehead atoms. The number of nitrogens with zero attached hydrogens (tertiary/aromatic N) is 5. The molecular formula is C45H57N9O11S2. The lowest BCUT2D eigenvalue weighted by molar-refractivity contribution is -0.0470. The van der Waals surface area contributed by atoms with Crippen LogP contribution >= 0.6 is 0 Å². The highest BCUT2D eigenvalue weighted by Crippen LogP contribution is 2.40. The number of aromatic carboxylic acids is 1. The Morgan fingerprint density at radius 3 is 1.34 bits per heavy atom. The number of sulfonamides is 2. The van der Waals surface area contributed by atoms with Gasteiger partial charge in [-0.15, -0.1) is 0 Å². The number of hydrogen-bond acceptors (Lipinski definition) is 12. The first-order valence-electron chi connectivity index (χ1n) is 22.7. The van der Waals surface area contributed by atoms with Crippen LogP contribution in [0.1, 0.15) is 105 Å². The Morgan fingerprint density at radius 1 is 0.642 bits per heavy atom. The maximum absolute atomic E-state index is 12.9. The summed E-state index contributed by atoms with van der Waals surface area (Å²) in [5.74, 6) is -0.777. The van der Waals surface area contributed by atoms with E-state index in [1.165, 1.54) is 58.4 Å². The van der Waals surface area contributed by atoms with Crippen molar-refractivity contribution >= 4 is 55.4 Å². The third-order valence-corrected chi connectivity index (χ3v) is 15.8. The number of carboxylic acids is 1. The lowest BCUT2D eigenvalue weighted by atomic mass is 9.99. The normalized spacial score (nSPS) is 17.0. The molecule has 4 heterocycles. The summed E-state index contributed by atoms with van der Waals surface area (Å²) in [4.78, 5) is 50.5. The number of carbonyl (C=O) groups is 4. The molecule has 4 aliphatic carbocycles. The molecule has 360 valence electrons. The van der Waals surface area contributed by atoms with Crippen molar-refractivity contribution in [3.63, 3.8) is 0 Å². The lowest BCUT2D eigenvalue weighted by Crippen LogP contribution is -2.49. The molecule has 22 heteroatoms. The van der Waals surface area contributed by atoms with E-state index in [2.05, 4.69) is 44.6 Å². The van der Waals surface area contributed by atoms with Gasteiger partial charge in [-0.05, 0) is 128 Å². The number of fused-ring (bicyclic) bond motifs is 4. The number of carboxylic acid groups (broad SMARTS) is 1. The van der Waals surface area contributed by atoms with Gasteiger partial charge in [-0.1, -0.05) is 19.1 Å². The van der Waals surface area contributed by atoms with Crippen molar-refractivity contribution in [1.29, 1.82) is 0 Å². The Morgan fingerprint density at radius 2 is 1.03 bits per heavy atom. The van der Waals surface area contributed by atoms with Gasteiger partial charge in [0.25, 0.3) is 26.0 Å². The number of likely N-dealkylation sites (N-methyl/N-ethyl adjacent to an activating group) is 1. The van der Waals surface area contributed by atoms with Crippen molar-refractivity contribution < 1.29 is 50.6 Å². The predicted molar refractivity (Wildman–Crippen MR) is 244 cm³/mol. The van der Waals surface area contributed by atoms with Gasteiger partial charge in [0, 0.05) is 50.6 Å². The van der Waals surface area contributed by atoms with Gasteiger partial charge >= 0.3 is 18.0 Å². The topological polar surface area (TPSA) is 262 Å². The van der Waals surface area contributed by atoms with E-state index in [1.807, 2.05) is 4.72 Å². The molecule has 2 fully saturated rings. The van der Waals surface area contributed by atoms with Gasteiger partial charge in [0.1, 0.15) is 11.4 Å². The largest absolute Gasteiger partial charge is 0.477 e. The predicted octanol–water partition coefficient (Wildman–Crippen LogP) is 4.03. The van der Waals surface area contributed by atoms with E-state index in [0.717, 1.165) is 141 Å². The molecule has 2 saturated heterocycles. The third kappa shape index (κ3) is 10.1. The number of amides is 5. The van der Waals surface area contributed by atoms with Crippen molar-refractivity contribution in [2.45, 2.75) is 106 Å². The average Bonchev–Trinajstić information content (AvgIpc) is 4.08. The zero-order valence-corrected chi connectivity index (χ0v) is 39.7. The quantitative estimate of drug-likeness (QED) is 0.151. The van der Waals surface area contributed by atoms with Crippen molar-refractivity contribution in [3.8, 4) is 0 Å². The van der Waals surface area contributed by atoms with Gasteiger partial charge in [-0.3, -0.25) is 14.2 Å². The summed E-state index contributed by atoms with van der Waals surface area (Å²) in [7, 11) is -4.12. The van der Waals surface area contributed by atoms with Crippen molar-refractivity contribution in [2.75, 3.05) is 44.1 Å². The first-order valence-corrected chi connectivity index (χ1v) is 25.6. The molecule has 5 N–H and O–H groups in total. The van der Waals surface area contributed by atoms with Gasteiger partial charge in [0.05, 0.1) is 32.5 Å². The van der Waals surface area contributed by atoms with Crippen molar-refractivity contribution in [1.82, 2.24) is 33.9 Å². The van der Waals surface area contributed by atoms with Crippen LogP contribution in [0.3, 0.4) is 0 Å². The van der Waals surface area contributed by atoms with Crippen LogP contribution in [0.4, 0.5) is 21.0 Å². The molecule has 20 nitrogen and oxygen atoms in total. The fourth-order valence-corrected chi connectivity index (χ4v) is 11.2. The number of carbonyl (C=O) groups excluding carboxylic acids is 3. The molecule has 6 aliphatic rings. The summed E-state index contributed by atoms with van der Waals surface area (Å²) in [5.41, 5.74) is 10.6. The average molecular weight is 964 g/mol. The van der Waals surface area contributed by atoms with Crippen LogP contribution in [0.25, 0.3) is 0 Å². The molecule has 4 aromatic rings. The molecule has 0 saturated carbocycles. The molecule has 0 unspecified atom stereocenters. The summed E-state index contributed by atoms with van der Waals surface area (Å²) in [6.45, 7) is 5.11. The highest BCUT2D eigenvalue weighted by Gasteiger charge is 2.33. The maximum atomic E-state index is 12.9. The number of benzene rings is 2. The second-order valence-electron chi connectivity index (χ2n) is 17.8. The molecular weight excluding hydrogens is 907 g/mol. The Bertz CT molecular complexity index is 2780. The second kappa shape index (κ2) is 19.4. The highest BCUT2D eigenvalue weighted by atomic mass is 32.2. The minimum atomic E-state index is -4.30. The van der Waals surface area contributed by atoms with E-state index in [-0.39, 0.29) is 28.4 Å². The molecule has 2 aromatic heterocycles. The standard InChI is InChI=1S/C22H27N5O5S.C18H20N4O5S.C5H10O/c1-26(15-11-32-12-15)21(28)18-10-19(24-27(18)2)33(30,31)25-22(29)23-20-16-7-3-5-13(16)9-14-6-4-8-17(14)20;1-22-14(17(23)24)9-15(20-22)28(26,27)21-18(25)19-16-12-6-2-4-10(12)8-11-5-3-7-13(11)16;1-2-5-3-6-4-5/h9-10,15H,3-8,11-12H2,1-2H3,(H2,23,25,29);8-9H,2-7H2,1H3,(H,23,24)(H2,19,21,25);5H,2-4H2,1H3. The molecule has 0 atom stereocenters. The minimum Gasteiger partial charge on any atom is -0.477 e. The Balaban J connectivity index is 0.000000163. The van der Waals surface area contributed by atoms with Crippen LogP contribution < -0.4 is 20.1 Å². The van der Waals surface area contributed by atoms with Crippen LogP contribution in [0.2, 0.25) is 0 Å². The van der Waals surface area contributed by atoms with Crippen molar-refractivity contribution in [3.05, 3.63) is 80.2 Å². The highest BCUT2D eigenvalue weighted by molar-refractivity contribution is 7.90. The lowest BCUT2D eigenvalue weighted by Gasteiger charge is -2.34. The molecule has 2 aliphatic heterocycles. The van der Waals surface area contributed by atoms with E-state index in [4.69, 9.17) is 14.6 Å². The maximum Gasteiger partial charge on any atom is 0.354 e. The zero-order valence-electron chi connectivity index (χ0n) is 38.1. The number of hydrogen-bond donors (Lipinski definition) is 5. The summed E-state index contributed by atoms with van der Waals surface area (Å²) in [6.07, 6.45) is 12.7. The fraction of sp³-hybridized carbons (Fsp3) is 0.511.